The number of hydrogen-bond donors (Lipinski definition) is 1. The van der Waals surface area contributed by atoms with Gasteiger partial charge in [-0.05, 0) is 54.3 Å². The van der Waals surface area contributed by atoms with Gasteiger partial charge in [0, 0.05) is 16.6 Å². The van der Waals surface area contributed by atoms with Crippen LogP contribution in [0.3, 0.4) is 0 Å². The zero-order valence-corrected chi connectivity index (χ0v) is 17.7. The van der Waals surface area contributed by atoms with Gasteiger partial charge < -0.3 is 5.32 Å². The van der Waals surface area contributed by atoms with Gasteiger partial charge in [-0.15, -0.1) is 0 Å². The van der Waals surface area contributed by atoms with Crippen LogP contribution in [0.25, 0.3) is 0 Å². The summed E-state index contributed by atoms with van der Waals surface area (Å²) in [6.45, 7) is 0. The molecule has 2 aliphatic rings. The second kappa shape index (κ2) is 7.52. The highest BCUT2D eigenvalue weighted by Gasteiger charge is 2.45. The molecule has 2 unspecified atom stereocenters. The van der Waals surface area contributed by atoms with Gasteiger partial charge >= 0.3 is 0 Å². The Balaban J connectivity index is 1.32. The van der Waals surface area contributed by atoms with Crippen LogP contribution in [-0.4, -0.2) is 17.7 Å². The summed E-state index contributed by atoms with van der Waals surface area (Å²) in [4.78, 5) is 39.1. The van der Waals surface area contributed by atoms with Gasteiger partial charge in [-0.2, -0.15) is 0 Å². The first-order valence-electron chi connectivity index (χ1n) is 9.78. The number of carbonyl (C=O) groups is 3. The minimum atomic E-state index is -0.417. The SMILES string of the molecule is O=C(Nc1ccc(N2C(=O)c3ccccc3C2=O)c(Cl)c1)C1CC1c1ccccc1Cl. The van der Waals surface area contributed by atoms with Crippen LogP contribution >= 0.6 is 23.2 Å². The fourth-order valence-electron chi connectivity index (χ4n) is 4.01. The molecule has 5 nitrogen and oxygen atoms in total. The van der Waals surface area contributed by atoms with Crippen molar-refractivity contribution in [1.29, 1.82) is 0 Å². The summed E-state index contributed by atoms with van der Waals surface area (Å²) in [6.07, 6.45) is 0.733. The van der Waals surface area contributed by atoms with E-state index in [4.69, 9.17) is 23.2 Å². The molecule has 1 saturated carbocycles. The van der Waals surface area contributed by atoms with Crippen molar-refractivity contribution in [3.05, 3.63) is 93.5 Å². The lowest BCUT2D eigenvalue weighted by Gasteiger charge is -2.16. The van der Waals surface area contributed by atoms with Crippen LogP contribution in [-0.2, 0) is 4.79 Å². The van der Waals surface area contributed by atoms with E-state index in [2.05, 4.69) is 5.32 Å². The maximum atomic E-state index is 12.7. The molecule has 0 spiro atoms. The lowest BCUT2D eigenvalue weighted by Crippen LogP contribution is -2.29. The summed E-state index contributed by atoms with van der Waals surface area (Å²) in [7, 11) is 0. The minimum Gasteiger partial charge on any atom is -0.326 e. The Bertz CT molecular complexity index is 1220. The number of nitrogens with one attached hydrogen (secondary N) is 1. The molecule has 2 atom stereocenters. The van der Waals surface area contributed by atoms with Gasteiger partial charge in [-0.3, -0.25) is 14.4 Å². The summed E-state index contributed by atoms with van der Waals surface area (Å²) in [5, 5.41) is 3.73. The predicted molar refractivity (Wildman–Crippen MR) is 120 cm³/mol. The second-order valence-electron chi connectivity index (χ2n) is 7.62. The molecule has 1 aliphatic carbocycles. The van der Waals surface area contributed by atoms with Crippen molar-refractivity contribution in [2.24, 2.45) is 5.92 Å². The molecule has 1 N–H and O–H groups in total. The third kappa shape index (κ3) is 3.40. The number of imide groups is 1. The van der Waals surface area contributed by atoms with E-state index in [0.29, 0.717) is 21.8 Å². The molecule has 154 valence electrons. The van der Waals surface area contributed by atoms with E-state index in [-0.39, 0.29) is 28.5 Å². The molecule has 0 radical (unpaired) electrons. The minimum absolute atomic E-state index is 0.0989. The van der Waals surface area contributed by atoms with Crippen molar-refractivity contribution < 1.29 is 14.4 Å². The molecule has 1 fully saturated rings. The Morgan fingerprint density at radius 1 is 0.871 bits per heavy atom. The van der Waals surface area contributed by atoms with E-state index in [1.807, 2.05) is 24.3 Å². The third-order valence-electron chi connectivity index (χ3n) is 5.68. The number of amides is 3. The lowest BCUT2D eigenvalue weighted by molar-refractivity contribution is -0.117. The number of benzene rings is 3. The van der Waals surface area contributed by atoms with Gasteiger partial charge in [0.25, 0.3) is 11.8 Å². The zero-order valence-electron chi connectivity index (χ0n) is 16.1. The standard InChI is InChI=1S/C24H16Cl2N2O3/c25-19-8-4-3-5-14(19)17-12-18(17)22(29)27-13-9-10-21(20(26)11-13)28-23(30)15-6-1-2-7-16(15)24(28)31/h1-11,17-18H,12H2,(H,27,29). The van der Waals surface area contributed by atoms with Crippen molar-refractivity contribution in [2.45, 2.75) is 12.3 Å². The summed E-state index contributed by atoms with van der Waals surface area (Å²) in [6, 6.07) is 18.9. The Morgan fingerprint density at radius 3 is 2.16 bits per heavy atom. The first-order chi connectivity index (χ1) is 15.0. The Kier molecular flexibility index (Phi) is 4.80. The molecule has 5 rings (SSSR count). The van der Waals surface area contributed by atoms with E-state index in [1.165, 1.54) is 0 Å². The summed E-state index contributed by atoms with van der Waals surface area (Å²) in [5.41, 5.74) is 2.45. The van der Waals surface area contributed by atoms with E-state index >= 15 is 0 Å². The van der Waals surface area contributed by atoms with Gasteiger partial charge in [0.1, 0.15) is 0 Å². The first-order valence-corrected chi connectivity index (χ1v) is 10.5. The van der Waals surface area contributed by atoms with E-state index < -0.39 is 11.8 Å². The topological polar surface area (TPSA) is 66.5 Å². The van der Waals surface area contributed by atoms with Gasteiger partial charge in [-0.1, -0.05) is 53.5 Å². The van der Waals surface area contributed by atoms with Crippen LogP contribution in [0.1, 0.15) is 38.6 Å². The molecule has 3 amide bonds. The average molecular weight is 451 g/mol. The average Bonchev–Trinajstić information content (AvgIpc) is 3.52. The van der Waals surface area contributed by atoms with Crippen molar-refractivity contribution in [3.63, 3.8) is 0 Å². The van der Waals surface area contributed by atoms with Crippen molar-refractivity contribution in [1.82, 2.24) is 0 Å². The van der Waals surface area contributed by atoms with E-state index in [9.17, 15) is 14.4 Å². The smallest absolute Gasteiger partial charge is 0.266 e. The monoisotopic (exact) mass is 450 g/mol. The highest BCUT2D eigenvalue weighted by molar-refractivity contribution is 6.40. The molecular formula is C24H16Cl2N2O3. The maximum absolute atomic E-state index is 12.7. The fourth-order valence-corrected chi connectivity index (χ4v) is 4.55. The second-order valence-corrected chi connectivity index (χ2v) is 8.43. The molecule has 0 saturated heterocycles. The van der Waals surface area contributed by atoms with Crippen molar-refractivity contribution >= 4 is 52.3 Å². The molecule has 0 bridgehead atoms. The highest BCUT2D eigenvalue weighted by atomic mass is 35.5. The zero-order chi connectivity index (χ0) is 21.7. The van der Waals surface area contributed by atoms with Crippen LogP contribution in [0.4, 0.5) is 11.4 Å². The van der Waals surface area contributed by atoms with Crippen LogP contribution in [0.5, 0.6) is 0 Å². The number of hydrogen-bond acceptors (Lipinski definition) is 3. The number of nitrogens with zero attached hydrogens (tertiary/aromatic N) is 1. The predicted octanol–water partition coefficient (Wildman–Crippen LogP) is 5.54. The molecule has 3 aromatic rings. The third-order valence-corrected chi connectivity index (χ3v) is 6.33. The Hall–Kier alpha value is -3.15. The number of anilines is 2. The maximum Gasteiger partial charge on any atom is 0.266 e. The first kappa shape index (κ1) is 19.8. The van der Waals surface area contributed by atoms with Gasteiger partial charge in [0.2, 0.25) is 5.91 Å². The van der Waals surface area contributed by atoms with E-state index in [1.54, 1.807) is 42.5 Å². The summed E-state index contributed by atoms with van der Waals surface area (Å²) < 4.78 is 0. The molecule has 0 aromatic heterocycles. The summed E-state index contributed by atoms with van der Waals surface area (Å²) in [5.74, 6) is -1.01. The van der Waals surface area contributed by atoms with Crippen LogP contribution in [0.15, 0.2) is 66.7 Å². The van der Waals surface area contributed by atoms with Crippen molar-refractivity contribution in [2.75, 3.05) is 10.2 Å². The number of carbonyl (C=O) groups excluding carboxylic acids is 3. The largest absolute Gasteiger partial charge is 0.326 e. The summed E-state index contributed by atoms with van der Waals surface area (Å²) >= 11 is 12.6. The number of fused-ring (bicyclic) bond motifs is 1. The lowest BCUT2D eigenvalue weighted by atomic mass is 10.1. The molecule has 1 heterocycles. The normalized spacial score (nSPS) is 19.4. The number of rotatable bonds is 4. The van der Waals surface area contributed by atoms with E-state index in [0.717, 1.165) is 16.9 Å². The van der Waals surface area contributed by atoms with Gasteiger partial charge in [0.05, 0.1) is 21.8 Å². The molecule has 31 heavy (non-hydrogen) atoms. The van der Waals surface area contributed by atoms with Crippen molar-refractivity contribution in [3.8, 4) is 0 Å². The Morgan fingerprint density at radius 2 is 1.52 bits per heavy atom. The molecule has 1 aliphatic heterocycles. The highest BCUT2D eigenvalue weighted by Crippen LogP contribution is 2.50. The van der Waals surface area contributed by atoms with Gasteiger partial charge in [-0.25, -0.2) is 4.90 Å². The Labute approximate surface area is 188 Å². The van der Waals surface area contributed by atoms with Crippen LogP contribution in [0, 0.1) is 5.92 Å². The fraction of sp³-hybridized carbons (Fsp3) is 0.125. The van der Waals surface area contributed by atoms with Gasteiger partial charge in [0.15, 0.2) is 0 Å². The number of halogens is 2. The molecular weight excluding hydrogens is 435 g/mol. The van der Waals surface area contributed by atoms with Crippen LogP contribution < -0.4 is 10.2 Å². The van der Waals surface area contributed by atoms with Crippen LogP contribution in [0.2, 0.25) is 10.0 Å². The molecule has 7 heteroatoms. The quantitative estimate of drug-likeness (QED) is 0.530. The molecule has 3 aromatic carbocycles.